The van der Waals surface area contributed by atoms with Gasteiger partial charge >= 0.3 is 0 Å². The smallest absolute Gasteiger partial charge is 0.142 e. The van der Waals surface area contributed by atoms with Gasteiger partial charge in [-0.2, -0.15) is 5.26 Å². The Kier molecular flexibility index (Phi) is 4.89. The summed E-state index contributed by atoms with van der Waals surface area (Å²) in [7, 11) is 1.54. The van der Waals surface area contributed by atoms with Crippen molar-refractivity contribution < 1.29 is 14.2 Å². The molecule has 0 saturated heterocycles. The normalized spacial score (nSPS) is 9.71. The molecule has 0 atom stereocenters. The number of rotatable bonds is 6. The zero-order valence-corrected chi connectivity index (χ0v) is 11.7. The monoisotopic (exact) mass is 284 g/mol. The van der Waals surface area contributed by atoms with Gasteiger partial charge < -0.3 is 19.9 Å². The van der Waals surface area contributed by atoms with Crippen molar-refractivity contribution >= 4 is 5.69 Å². The summed E-state index contributed by atoms with van der Waals surface area (Å²) in [5.74, 6) is 1.78. The number of hydrogen-bond donors (Lipinski definition) is 1. The number of nitrogens with zero attached hydrogens (tertiary/aromatic N) is 1. The van der Waals surface area contributed by atoms with Crippen LogP contribution in [0.15, 0.2) is 42.5 Å². The molecule has 0 fully saturated rings. The highest BCUT2D eigenvalue weighted by molar-refractivity contribution is 5.51. The molecule has 5 nitrogen and oxygen atoms in total. The molecule has 0 radical (unpaired) electrons. The first-order chi connectivity index (χ1) is 10.2. The van der Waals surface area contributed by atoms with Crippen LogP contribution >= 0.6 is 0 Å². The minimum absolute atomic E-state index is 0.340. The number of methoxy groups -OCH3 is 1. The third-order valence-corrected chi connectivity index (χ3v) is 2.77. The second kappa shape index (κ2) is 7.06. The van der Waals surface area contributed by atoms with Crippen LogP contribution in [-0.4, -0.2) is 20.3 Å². The molecule has 0 saturated carbocycles. The van der Waals surface area contributed by atoms with E-state index in [2.05, 4.69) is 6.07 Å². The first kappa shape index (κ1) is 14.5. The summed E-state index contributed by atoms with van der Waals surface area (Å²) < 4.78 is 16.2. The van der Waals surface area contributed by atoms with Crippen molar-refractivity contribution in [2.45, 2.75) is 0 Å². The van der Waals surface area contributed by atoms with Crippen molar-refractivity contribution in [3.8, 4) is 23.3 Å². The third kappa shape index (κ3) is 4.05. The Morgan fingerprint density at radius 2 is 1.76 bits per heavy atom. The summed E-state index contributed by atoms with van der Waals surface area (Å²) in [5.41, 5.74) is 6.84. The maximum atomic E-state index is 8.93. The van der Waals surface area contributed by atoms with Crippen molar-refractivity contribution in [1.29, 1.82) is 5.26 Å². The summed E-state index contributed by atoms with van der Waals surface area (Å²) in [4.78, 5) is 0. The molecule has 0 heterocycles. The molecule has 0 bridgehead atoms. The topological polar surface area (TPSA) is 77.5 Å². The van der Waals surface area contributed by atoms with E-state index < -0.39 is 0 Å². The summed E-state index contributed by atoms with van der Waals surface area (Å²) in [6.07, 6.45) is 0. The highest BCUT2D eigenvalue weighted by atomic mass is 16.5. The molecule has 108 valence electrons. The van der Waals surface area contributed by atoms with Crippen LogP contribution in [0.1, 0.15) is 5.56 Å². The van der Waals surface area contributed by atoms with Gasteiger partial charge in [-0.05, 0) is 24.3 Å². The molecule has 0 aliphatic carbocycles. The fourth-order valence-corrected chi connectivity index (χ4v) is 1.76. The van der Waals surface area contributed by atoms with Crippen LogP contribution < -0.4 is 19.9 Å². The zero-order valence-electron chi connectivity index (χ0n) is 11.7. The number of para-hydroxylation sites is 2. The molecule has 2 aromatic carbocycles. The Bertz CT molecular complexity index is 650. The predicted molar refractivity (Wildman–Crippen MR) is 79.6 cm³/mol. The van der Waals surface area contributed by atoms with Gasteiger partial charge in [-0.15, -0.1) is 0 Å². The lowest BCUT2D eigenvalue weighted by Gasteiger charge is -2.11. The molecule has 2 N–H and O–H groups in total. The lowest BCUT2D eigenvalue weighted by atomic mass is 10.2. The predicted octanol–water partition coefficient (Wildman–Crippen LogP) is 2.61. The van der Waals surface area contributed by atoms with E-state index >= 15 is 0 Å². The molecule has 2 rings (SSSR count). The van der Waals surface area contributed by atoms with Crippen LogP contribution in [0.2, 0.25) is 0 Å². The summed E-state index contributed by atoms with van der Waals surface area (Å²) in [6.45, 7) is 0.694. The minimum Gasteiger partial charge on any atom is -0.497 e. The number of nitrogens with two attached hydrogens (primary N) is 1. The van der Waals surface area contributed by atoms with Gasteiger partial charge in [0.2, 0.25) is 0 Å². The van der Waals surface area contributed by atoms with Gasteiger partial charge in [0.15, 0.2) is 0 Å². The molecule has 0 spiro atoms. The lowest BCUT2D eigenvalue weighted by Crippen LogP contribution is -2.10. The summed E-state index contributed by atoms with van der Waals surface area (Å²) >= 11 is 0. The van der Waals surface area contributed by atoms with Crippen LogP contribution in [0.5, 0.6) is 17.2 Å². The van der Waals surface area contributed by atoms with Crippen LogP contribution in [0.3, 0.4) is 0 Å². The number of ether oxygens (including phenoxy) is 3. The summed E-state index contributed by atoms with van der Waals surface area (Å²) in [6, 6.07) is 14.4. The van der Waals surface area contributed by atoms with Crippen molar-refractivity contribution in [3.63, 3.8) is 0 Å². The van der Waals surface area contributed by atoms with E-state index in [1.807, 2.05) is 12.1 Å². The molecular formula is C16H16N2O3. The zero-order chi connectivity index (χ0) is 15.1. The Balaban J connectivity index is 1.89. The highest BCUT2D eigenvalue weighted by Crippen LogP contribution is 2.23. The number of benzene rings is 2. The Hall–Kier alpha value is -2.87. The number of nitrogen functional groups attached to an aromatic ring is 1. The molecule has 2 aromatic rings. The molecule has 0 aliphatic rings. The summed E-state index contributed by atoms with van der Waals surface area (Å²) in [5, 5.41) is 8.93. The maximum Gasteiger partial charge on any atom is 0.142 e. The third-order valence-electron chi connectivity index (χ3n) is 2.77. The van der Waals surface area contributed by atoms with Gasteiger partial charge in [0.25, 0.3) is 0 Å². The van der Waals surface area contributed by atoms with Gasteiger partial charge in [-0.1, -0.05) is 12.1 Å². The Morgan fingerprint density at radius 1 is 1.05 bits per heavy atom. The van der Waals surface area contributed by atoms with Gasteiger partial charge in [0.05, 0.1) is 24.4 Å². The Morgan fingerprint density at radius 3 is 2.48 bits per heavy atom. The van der Waals surface area contributed by atoms with Crippen molar-refractivity contribution in [3.05, 3.63) is 48.0 Å². The van der Waals surface area contributed by atoms with Gasteiger partial charge in [-0.3, -0.25) is 0 Å². The second-order valence-corrected chi connectivity index (χ2v) is 4.24. The average molecular weight is 284 g/mol. The van der Waals surface area contributed by atoms with Crippen LogP contribution in [0, 0.1) is 11.3 Å². The molecule has 5 heteroatoms. The molecule has 0 unspecified atom stereocenters. The standard InChI is InChI=1S/C16H16N2O3/c1-19-13-8-12(11-17)9-14(10-13)20-6-7-21-16-5-3-2-4-15(16)18/h2-5,8-10H,6-7,18H2,1H3. The van der Waals surface area contributed by atoms with Crippen LogP contribution in [-0.2, 0) is 0 Å². The highest BCUT2D eigenvalue weighted by Gasteiger charge is 2.03. The number of anilines is 1. The maximum absolute atomic E-state index is 8.93. The molecule has 0 amide bonds. The van der Waals surface area contributed by atoms with Gasteiger partial charge in [0, 0.05) is 6.07 Å². The fraction of sp³-hybridized carbons (Fsp3) is 0.188. The number of nitriles is 1. The molecule has 0 aromatic heterocycles. The first-order valence-corrected chi connectivity index (χ1v) is 6.42. The van der Waals surface area contributed by atoms with Crippen molar-refractivity contribution in [2.75, 3.05) is 26.1 Å². The SMILES string of the molecule is COc1cc(C#N)cc(OCCOc2ccccc2N)c1. The van der Waals surface area contributed by atoms with Crippen LogP contribution in [0.25, 0.3) is 0 Å². The number of hydrogen-bond acceptors (Lipinski definition) is 5. The van der Waals surface area contributed by atoms with Crippen LogP contribution in [0.4, 0.5) is 5.69 Å². The molecule has 0 aliphatic heterocycles. The average Bonchev–Trinajstić information content (AvgIpc) is 2.52. The van der Waals surface area contributed by atoms with E-state index in [0.717, 1.165) is 0 Å². The lowest BCUT2D eigenvalue weighted by molar-refractivity contribution is 0.217. The molecule has 21 heavy (non-hydrogen) atoms. The van der Waals surface area contributed by atoms with E-state index in [9.17, 15) is 0 Å². The second-order valence-electron chi connectivity index (χ2n) is 4.24. The van der Waals surface area contributed by atoms with E-state index in [-0.39, 0.29) is 0 Å². The van der Waals surface area contributed by atoms with Crippen molar-refractivity contribution in [2.24, 2.45) is 0 Å². The van der Waals surface area contributed by atoms with E-state index in [1.165, 1.54) is 0 Å². The first-order valence-electron chi connectivity index (χ1n) is 6.42. The molecular weight excluding hydrogens is 268 g/mol. The van der Waals surface area contributed by atoms with Crippen molar-refractivity contribution in [1.82, 2.24) is 0 Å². The van der Waals surface area contributed by atoms with Gasteiger partial charge in [-0.25, -0.2) is 0 Å². The Labute approximate surface area is 123 Å². The van der Waals surface area contributed by atoms with Gasteiger partial charge in [0.1, 0.15) is 30.5 Å². The fourth-order valence-electron chi connectivity index (χ4n) is 1.76. The van der Waals surface area contributed by atoms with E-state index in [0.29, 0.717) is 41.7 Å². The van der Waals surface area contributed by atoms with E-state index in [4.69, 9.17) is 25.2 Å². The minimum atomic E-state index is 0.340. The largest absolute Gasteiger partial charge is 0.497 e. The quantitative estimate of drug-likeness (QED) is 0.651. The van der Waals surface area contributed by atoms with E-state index in [1.54, 1.807) is 37.4 Å².